The standard InChI is InChI=1S/C17H25NO3S/c1-3-4-5-6-7-12-22(19,20)17-10-8-16(9-11-17)21-14-15(2)13-18/h3,8-11H,1-2,4-7,12-14,18H2. The van der Waals surface area contributed by atoms with E-state index in [1.807, 2.05) is 6.08 Å². The van der Waals surface area contributed by atoms with Crippen LogP contribution < -0.4 is 10.5 Å². The van der Waals surface area contributed by atoms with Crippen molar-refractivity contribution in [2.45, 2.75) is 30.6 Å². The van der Waals surface area contributed by atoms with E-state index in [-0.39, 0.29) is 5.75 Å². The van der Waals surface area contributed by atoms with Crippen molar-refractivity contribution in [2.75, 3.05) is 18.9 Å². The van der Waals surface area contributed by atoms with E-state index >= 15 is 0 Å². The fourth-order valence-electron chi connectivity index (χ4n) is 1.86. The predicted molar refractivity (Wildman–Crippen MR) is 90.8 cm³/mol. The number of benzene rings is 1. The van der Waals surface area contributed by atoms with E-state index in [0.717, 1.165) is 24.8 Å². The molecule has 122 valence electrons. The van der Waals surface area contributed by atoms with E-state index in [2.05, 4.69) is 13.2 Å². The summed E-state index contributed by atoms with van der Waals surface area (Å²) in [6.07, 6.45) is 5.34. The highest BCUT2D eigenvalue weighted by Crippen LogP contribution is 2.18. The van der Waals surface area contributed by atoms with E-state index in [1.165, 1.54) is 0 Å². The molecule has 5 heteroatoms. The summed E-state index contributed by atoms with van der Waals surface area (Å²) >= 11 is 0. The molecular formula is C17H25NO3S. The molecule has 1 aromatic rings. The van der Waals surface area contributed by atoms with Crippen LogP contribution in [-0.2, 0) is 9.84 Å². The van der Waals surface area contributed by atoms with Gasteiger partial charge in [-0.2, -0.15) is 0 Å². The van der Waals surface area contributed by atoms with Gasteiger partial charge in [-0.3, -0.25) is 0 Å². The molecule has 0 aliphatic rings. The third kappa shape index (κ3) is 6.45. The SMILES string of the molecule is C=CCCCCCS(=O)(=O)c1ccc(OCC(=C)CN)cc1. The number of unbranched alkanes of at least 4 members (excludes halogenated alkanes) is 3. The van der Waals surface area contributed by atoms with Crippen molar-refractivity contribution in [1.82, 2.24) is 0 Å². The normalized spacial score (nSPS) is 11.1. The zero-order valence-corrected chi connectivity index (χ0v) is 13.8. The molecule has 1 aromatic carbocycles. The first kappa shape index (κ1) is 18.5. The lowest BCUT2D eigenvalue weighted by molar-refractivity contribution is 0.350. The molecule has 0 aliphatic heterocycles. The summed E-state index contributed by atoms with van der Waals surface area (Å²) < 4.78 is 29.9. The lowest BCUT2D eigenvalue weighted by Gasteiger charge is -2.08. The van der Waals surface area contributed by atoms with Crippen LogP contribution in [-0.4, -0.2) is 27.3 Å². The molecule has 0 spiro atoms. The first-order chi connectivity index (χ1) is 10.5. The number of hydrogen-bond donors (Lipinski definition) is 1. The first-order valence-corrected chi connectivity index (χ1v) is 9.08. The van der Waals surface area contributed by atoms with Crippen LogP contribution >= 0.6 is 0 Å². The van der Waals surface area contributed by atoms with Gasteiger partial charge in [0, 0.05) is 6.54 Å². The highest BCUT2D eigenvalue weighted by molar-refractivity contribution is 7.91. The third-order valence-corrected chi connectivity index (χ3v) is 5.05. The number of sulfone groups is 1. The Kier molecular flexibility index (Phi) is 7.91. The molecule has 0 amide bonds. The highest BCUT2D eigenvalue weighted by atomic mass is 32.2. The fraction of sp³-hybridized carbons (Fsp3) is 0.412. The van der Waals surface area contributed by atoms with Crippen LogP contribution in [0.25, 0.3) is 0 Å². The number of hydrogen-bond acceptors (Lipinski definition) is 4. The quantitative estimate of drug-likeness (QED) is 0.502. The molecule has 0 bridgehead atoms. The molecule has 0 aliphatic carbocycles. The maximum absolute atomic E-state index is 12.2. The molecule has 0 heterocycles. The summed E-state index contributed by atoms with van der Waals surface area (Å²) in [5.41, 5.74) is 6.22. The van der Waals surface area contributed by atoms with Gasteiger partial charge in [0.15, 0.2) is 9.84 Å². The number of ether oxygens (including phenoxy) is 1. The van der Waals surface area contributed by atoms with Crippen molar-refractivity contribution >= 4 is 9.84 Å². The fourth-order valence-corrected chi connectivity index (χ4v) is 3.23. The van der Waals surface area contributed by atoms with E-state index in [1.54, 1.807) is 24.3 Å². The Morgan fingerprint density at radius 2 is 1.86 bits per heavy atom. The van der Waals surface area contributed by atoms with Gasteiger partial charge in [0.05, 0.1) is 10.6 Å². The topological polar surface area (TPSA) is 69.4 Å². The Hall–Kier alpha value is -1.59. The van der Waals surface area contributed by atoms with Crippen molar-refractivity contribution in [3.63, 3.8) is 0 Å². The second-order valence-electron chi connectivity index (χ2n) is 5.17. The second kappa shape index (κ2) is 9.43. The van der Waals surface area contributed by atoms with E-state index in [0.29, 0.717) is 30.2 Å². The van der Waals surface area contributed by atoms with E-state index < -0.39 is 9.84 Å². The van der Waals surface area contributed by atoms with Crippen molar-refractivity contribution in [1.29, 1.82) is 0 Å². The van der Waals surface area contributed by atoms with Gasteiger partial charge in [0.1, 0.15) is 12.4 Å². The largest absolute Gasteiger partial charge is 0.489 e. The molecule has 0 fully saturated rings. The second-order valence-corrected chi connectivity index (χ2v) is 7.28. The predicted octanol–water partition coefficient (Wildman–Crippen LogP) is 3.10. The number of allylic oxidation sites excluding steroid dienone is 1. The summed E-state index contributed by atoms with van der Waals surface area (Å²) in [4.78, 5) is 0.334. The summed E-state index contributed by atoms with van der Waals surface area (Å²) in [6.45, 7) is 8.11. The molecule has 0 atom stereocenters. The minimum absolute atomic E-state index is 0.175. The Bertz CT molecular complexity index is 576. The third-order valence-electron chi connectivity index (χ3n) is 3.24. The Morgan fingerprint density at radius 1 is 1.18 bits per heavy atom. The van der Waals surface area contributed by atoms with Gasteiger partial charge in [0.25, 0.3) is 0 Å². The highest BCUT2D eigenvalue weighted by Gasteiger charge is 2.13. The maximum atomic E-state index is 12.2. The van der Waals surface area contributed by atoms with Gasteiger partial charge in [-0.15, -0.1) is 6.58 Å². The summed E-state index contributed by atoms with van der Waals surface area (Å²) in [5, 5.41) is 0. The Morgan fingerprint density at radius 3 is 2.45 bits per heavy atom. The first-order valence-electron chi connectivity index (χ1n) is 7.43. The smallest absolute Gasteiger partial charge is 0.178 e. The summed E-state index contributed by atoms with van der Waals surface area (Å²) in [7, 11) is -3.22. The van der Waals surface area contributed by atoms with E-state index in [9.17, 15) is 8.42 Å². The zero-order chi connectivity index (χ0) is 16.4. The van der Waals surface area contributed by atoms with Crippen molar-refractivity contribution in [3.8, 4) is 5.75 Å². The van der Waals surface area contributed by atoms with E-state index in [4.69, 9.17) is 10.5 Å². The van der Waals surface area contributed by atoms with Crippen LogP contribution in [0.2, 0.25) is 0 Å². The van der Waals surface area contributed by atoms with Crippen molar-refractivity contribution < 1.29 is 13.2 Å². The molecule has 22 heavy (non-hydrogen) atoms. The van der Waals surface area contributed by atoms with Crippen LogP contribution in [0.5, 0.6) is 5.75 Å². The minimum atomic E-state index is -3.22. The van der Waals surface area contributed by atoms with Crippen LogP contribution in [0.15, 0.2) is 54.0 Å². The monoisotopic (exact) mass is 323 g/mol. The van der Waals surface area contributed by atoms with Crippen molar-refractivity contribution in [3.05, 3.63) is 49.1 Å². The molecule has 1 rings (SSSR count). The average Bonchev–Trinajstić information content (AvgIpc) is 2.52. The van der Waals surface area contributed by atoms with Crippen LogP contribution in [0.1, 0.15) is 25.7 Å². The van der Waals surface area contributed by atoms with Crippen molar-refractivity contribution in [2.24, 2.45) is 5.73 Å². The lowest BCUT2D eigenvalue weighted by Crippen LogP contribution is -2.10. The average molecular weight is 323 g/mol. The van der Waals surface area contributed by atoms with Gasteiger partial charge >= 0.3 is 0 Å². The molecule has 0 radical (unpaired) electrons. The number of nitrogens with two attached hydrogens (primary N) is 1. The Balaban J connectivity index is 2.53. The molecule has 4 nitrogen and oxygen atoms in total. The van der Waals surface area contributed by atoms with Crippen LogP contribution in [0, 0.1) is 0 Å². The lowest BCUT2D eigenvalue weighted by atomic mass is 10.2. The molecular weight excluding hydrogens is 298 g/mol. The number of rotatable bonds is 11. The minimum Gasteiger partial charge on any atom is -0.489 e. The molecule has 0 saturated heterocycles. The maximum Gasteiger partial charge on any atom is 0.178 e. The molecule has 0 unspecified atom stereocenters. The van der Waals surface area contributed by atoms with Gasteiger partial charge < -0.3 is 10.5 Å². The molecule has 0 aromatic heterocycles. The zero-order valence-electron chi connectivity index (χ0n) is 13.0. The summed E-state index contributed by atoms with van der Waals surface area (Å²) in [5.74, 6) is 0.786. The van der Waals surface area contributed by atoms with Gasteiger partial charge in [-0.05, 0) is 49.1 Å². The molecule has 0 saturated carbocycles. The van der Waals surface area contributed by atoms with Gasteiger partial charge in [0.2, 0.25) is 0 Å². The van der Waals surface area contributed by atoms with Gasteiger partial charge in [-0.1, -0.05) is 19.1 Å². The van der Waals surface area contributed by atoms with Crippen LogP contribution in [0.4, 0.5) is 0 Å². The Labute approximate surface area is 133 Å². The molecule has 2 N–H and O–H groups in total. The summed E-state index contributed by atoms with van der Waals surface area (Å²) in [6, 6.07) is 6.49. The van der Waals surface area contributed by atoms with Crippen LogP contribution in [0.3, 0.4) is 0 Å². The van der Waals surface area contributed by atoms with Gasteiger partial charge in [-0.25, -0.2) is 8.42 Å².